The van der Waals surface area contributed by atoms with E-state index in [9.17, 15) is 0 Å². The molecule has 0 unspecified atom stereocenters. The largest absolute Gasteiger partial charge is 0.378 e. The van der Waals surface area contributed by atoms with Crippen molar-refractivity contribution in [1.82, 2.24) is 15.0 Å². The topological polar surface area (TPSA) is 39.9 Å². The van der Waals surface area contributed by atoms with E-state index < -0.39 is 0 Å². The van der Waals surface area contributed by atoms with Gasteiger partial charge in [0, 0.05) is 7.11 Å². The van der Waals surface area contributed by atoms with E-state index in [4.69, 9.17) is 4.74 Å². The molecular weight excluding hydrogens is 190 g/mol. The van der Waals surface area contributed by atoms with Gasteiger partial charge in [-0.1, -0.05) is 18.2 Å². The average Bonchev–Trinajstić information content (AvgIpc) is 2.63. The molecule has 0 saturated heterocycles. The maximum absolute atomic E-state index is 5.04. The van der Waals surface area contributed by atoms with Crippen molar-refractivity contribution in [2.45, 2.75) is 13.5 Å². The standard InChI is InChI=1S/C11H13N3O/c1-9-11(8-15-2)13-14(12-9)10-6-4-3-5-7-10/h3-7H,8H2,1-2H3. The summed E-state index contributed by atoms with van der Waals surface area (Å²) in [6.45, 7) is 2.43. The first kappa shape index (κ1) is 9.86. The molecule has 4 heteroatoms. The van der Waals surface area contributed by atoms with E-state index in [1.54, 1.807) is 11.9 Å². The Kier molecular flexibility index (Phi) is 2.78. The second kappa shape index (κ2) is 4.23. The zero-order valence-corrected chi connectivity index (χ0v) is 8.84. The van der Waals surface area contributed by atoms with Crippen LogP contribution in [0.3, 0.4) is 0 Å². The van der Waals surface area contributed by atoms with Gasteiger partial charge in [0.05, 0.1) is 18.0 Å². The number of aromatic nitrogens is 3. The highest BCUT2D eigenvalue weighted by Gasteiger charge is 2.06. The Hall–Kier alpha value is -1.68. The summed E-state index contributed by atoms with van der Waals surface area (Å²) < 4.78 is 5.04. The van der Waals surface area contributed by atoms with Crippen molar-refractivity contribution >= 4 is 0 Å². The molecule has 0 spiro atoms. The minimum Gasteiger partial charge on any atom is -0.378 e. The van der Waals surface area contributed by atoms with Crippen molar-refractivity contribution in [2.24, 2.45) is 0 Å². The van der Waals surface area contributed by atoms with Gasteiger partial charge in [-0.05, 0) is 19.1 Å². The normalized spacial score (nSPS) is 10.5. The molecule has 0 aliphatic carbocycles. The Morgan fingerprint density at radius 2 is 1.93 bits per heavy atom. The first-order valence-electron chi connectivity index (χ1n) is 4.78. The highest BCUT2D eigenvalue weighted by molar-refractivity contribution is 5.29. The van der Waals surface area contributed by atoms with Gasteiger partial charge in [0.1, 0.15) is 5.69 Å². The Bertz CT molecular complexity index is 436. The van der Waals surface area contributed by atoms with Crippen LogP contribution in [0.4, 0.5) is 0 Å². The predicted octanol–water partition coefficient (Wildman–Crippen LogP) is 1.72. The molecule has 2 rings (SSSR count). The summed E-state index contributed by atoms with van der Waals surface area (Å²) >= 11 is 0. The molecule has 2 aromatic rings. The van der Waals surface area contributed by atoms with Crippen LogP contribution in [0.15, 0.2) is 30.3 Å². The second-order valence-electron chi connectivity index (χ2n) is 3.29. The number of ether oxygens (including phenoxy) is 1. The van der Waals surface area contributed by atoms with Gasteiger partial charge in [-0.3, -0.25) is 0 Å². The molecule has 0 saturated carbocycles. The molecular formula is C11H13N3O. The zero-order valence-electron chi connectivity index (χ0n) is 8.84. The number of hydrogen-bond acceptors (Lipinski definition) is 3. The predicted molar refractivity (Wildman–Crippen MR) is 56.8 cm³/mol. The quantitative estimate of drug-likeness (QED) is 0.762. The molecule has 0 amide bonds. The molecule has 78 valence electrons. The van der Waals surface area contributed by atoms with Crippen molar-refractivity contribution in [1.29, 1.82) is 0 Å². The van der Waals surface area contributed by atoms with Gasteiger partial charge in [0.25, 0.3) is 0 Å². The number of hydrogen-bond donors (Lipinski definition) is 0. The number of benzene rings is 1. The van der Waals surface area contributed by atoms with Crippen molar-refractivity contribution < 1.29 is 4.74 Å². The summed E-state index contributed by atoms with van der Waals surface area (Å²) in [4.78, 5) is 1.63. The minimum absolute atomic E-state index is 0.499. The highest BCUT2D eigenvalue weighted by Crippen LogP contribution is 2.08. The third-order valence-corrected chi connectivity index (χ3v) is 2.15. The van der Waals surface area contributed by atoms with E-state index >= 15 is 0 Å². The van der Waals surface area contributed by atoms with Gasteiger partial charge < -0.3 is 4.74 Å². The van der Waals surface area contributed by atoms with E-state index in [1.165, 1.54) is 0 Å². The Morgan fingerprint density at radius 1 is 1.20 bits per heavy atom. The van der Waals surface area contributed by atoms with Gasteiger partial charge in [-0.15, -0.1) is 0 Å². The lowest BCUT2D eigenvalue weighted by atomic mass is 10.3. The lowest BCUT2D eigenvalue weighted by Crippen LogP contribution is -1.99. The molecule has 4 nitrogen and oxygen atoms in total. The van der Waals surface area contributed by atoms with Crippen molar-refractivity contribution in [3.63, 3.8) is 0 Å². The molecule has 0 fully saturated rings. The smallest absolute Gasteiger partial charge is 0.112 e. The van der Waals surface area contributed by atoms with Crippen LogP contribution < -0.4 is 0 Å². The van der Waals surface area contributed by atoms with Crippen LogP contribution >= 0.6 is 0 Å². The maximum atomic E-state index is 5.04. The van der Waals surface area contributed by atoms with Crippen LogP contribution in [0, 0.1) is 6.92 Å². The SMILES string of the molecule is COCc1nn(-c2ccccc2)nc1C. The van der Waals surface area contributed by atoms with Gasteiger partial charge in [0.15, 0.2) is 0 Å². The van der Waals surface area contributed by atoms with Crippen molar-refractivity contribution in [3.8, 4) is 5.69 Å². The number of nitrogens with zero attached hydrogens (tertiary/aromatic N) is 3. The Balaban J connectivity index is 2.34. The first-order chi connectivity index (χ1) is 7.31. The molecule has 1 aromatic heterocycles. The summed E-state index contributed by atoms with van der Waals surface area (Å²) in [6.07, 6.45) is 0. The fourth-order valence-corrected chi connectivity index (χ4v) is 1.36. The molecule has 15 heavy (non-hydrogen) atoms. The molecule has 1 heterocycles. The average molecular weight is 203 g/mol. The fourth-order valence-electron chi connectivity index (χ4n) is 1.36. The van der Waals surface area contributed by atoms with Crippen LogP contribution in [0.1, 0.15) is 11.4 Å². The van der Waals surface area contributed by atoms with Crippen LogP contribution in [-0.4, -0.2) is 22.1 Å². The number of aryl methyl sites for hydroxylation is 1. The molecule has 0 N–H and O–H groups in total. The van der Waals surface area contributed by atoms with Crippen molar-refractivity contribution in [3.05, 3.63) is 41.7 Å². The minimum atomic E-state index is 0.499. The van der Waals surface area contributed by atoms with E-state index in [-0.39, 0.29) is 0 Å². The van der Waals surface area contributed by atoms with Gasteiger partial charge in [0.2, 0.25) is 0 Å². The van der Waals surface area contributed by atoms with Gasteiger partial charge >= 0.3 is 0 Å². The van der Waals surface area contributed by atoms with Crippen molar-refractivity contribution in [2.75, 3.05) is 7.11 Å². The number of para-hydroxylation sites is 1. The third kappa shape index (κ3) is 2.05. The van der Waals surface area contributed by atoms with Crippen LogP contribution in [0.25, 0.3) is 5.69 Å². The van der Waals surface area contributed by atoms with E-state index in [1.807, 2.05) is 37.3 Å². The highest BCUT2D eigenvalue weighted by atomic mass is 16.5. The van der Waals surface area contributed by atoms with Gasteiger partial charge in [-0.25, -0.2) is 0 Å². The zero-order chi connectivity index (χ0) is 10.7. The van der Waals surface area contributed by atoms with Gasteiger partial charge in [-0.2, -0.15) is 15.0 Å². The molecule has 0 aliphatic heterocycles. The Morgan fingerprint density at radius 3 is 2.60 bits per heavy atom. The Labute approximate surface area is 88.5 Å². The van der Waals surface area contributed by atoms with Crippen LogP contribution in [-0.2, 0) is 11.3 Å². The number of rotatable bonds is 3. The molecule has 1 aromatic carbocycles. The summed E-state index contributed by atoms with van der Waals surface area (Å²) in [5, 5.41) is 8.68. The lowest BCUT2D eigenvalue weighted by Gasteiger charge is -1.97. The molecule has 0 radical (unpaired) electrons. The van der Waals surface area contributed by atoms with E-state index in [0.717, 1.165) is 17.1 Å². The molecule has 0 aliphatic rings. The lowest BCUT2D eigenvalue weighted by molar-refractivity contribution is 0.180. The summed E-state index contributed by atoms with van der Waals surface area (Å²) in [5.74, 6) is 0. The van der Waals surface area contributed by atoms with E-state index in [0.29, 0.717) is 6.61 Å². The molecule has 0 bridgehead atoms. The number of methoxy groups -OCH3 is 1. The monoisotopic (exact) mass is 203 g/mol. The summed E-state index contributed by atoms with van der Waals surface area (Å²) in [6, 6.07) is 9.83. The summed E-state index contributed by atoms with van der Waals surface area (Å²) in [5.41, 5.74) is 2.74. The fraction of sp³-hybridized carbons (Fsp3) is 0.273. The third-order valence-electron chi connectivity index (χ3n) is 2.15. The summed E-state index contributed by atoms with van der Waals surface area (Å²) in [7, 11) is 1.65. The van der Waals surface area contributed by atoms with E-state index in [2.05, 4.69) is 10.2 Å². The molecule has 0 atom stereocenters. The maximum Gasteiger partial charge on any atom is 0.112 e. The second-order valence-corrected chi connectivity index (χ2v) is 3.29. The van der Waals surface area contributed by atoms with Crippen LogP contribution in [0.5, 0.6) is 0 Å². The van der Waals surface area contributed by atoms with Crippen LogP contribution in [0.2, 0.25) is 0 Å². The first-order valence-corrected chi connectivity index (χ1v) is 4.78.